The maximum absolute atomic E-state index is 12.8. The van der Waals surface area contributed by atoms with E-state index in [9.17, 15) is 8.42 Å². The monoisotopic (exact) mass is 309 g/mol. The van der Waals surface area contributed by atoms with Crippen LogP contribution in [-0.4, -0.2) is 13.4 Å². The summed E-state index contributed by atoms with van der Waals surface area (Å²) in [4.78, 5) is 4.58. The molecule has 22 heavy (non-hydrogen) atoms. The van der Waals surface area contributed by atoms with Gasteiger partial charge in [-0.2, -0.15) is 0 Å². The van der Waals surface area contributed by atoms with Crippen molar-refractivity contribution >= 4 is 9.84 Å². The maximum atomic E-state index is 12.8. The summed E-state index contributed by atoms with van der Waals surface area (Å²) in [6.45, 7) is 0. The molecular weight excluding hydrogens is 294 g/mol. The van der Waals surface area contributed by atoms with Crippen molar-refractivity contribution in [3.63, 3.8) is 0 Å². The Morgan fingerprint density at radius 3 is 2.18 bits per heavy atom. The van der Waals surface area contributed by atoms with Crippen molar-refractivity contribution < 1.29 is 8.42 Å². The molecule has 0 amide bonds. The lowest BCUT2D eigenvalue weighted by Crippen LogP contribution is -2.07. The average Bonchev–Trinajstić information content (AvgIpc) is 2.56. The lowest BCUT2D eigenvalue weighted by atomic mass is 10.1. The largest absolute Gasteiger partial charge is 0.256 e. The Hall–Kier alpha value is -2.46. The van der Waals surface area contributed by atoms with Crippen molar-refractivity contribution in [2.75, 3.05) is 0 Å². The number of benzene rings is 2. The first-order valence-electron chi connectivity index (χ1n) is 6.94. The highest BCUT2D eigenvalue weighted by molar-refractivity contribution is 7.90. The zero-order valence-corrected chi connectivity index (χ0v) is 12.7. The molecule has 0 radical (unpaired) electrons. The smallest absolute Gasteiger partial charge is 0.183 e. The normalized spacial score (nSPS) is 11.3. The van der Waals surface area contributed by atoms with Crippen LogP contribution in [0, 0.1) is 0 Å². The summed E-state index contributed by atoms with van der Waals surface area (Å²) in [5.41, 5.74) is 2.08. The van der Waals surface area contributed by atoms with Crippen molar-refractivity contribution in [3.05, 3.63) is 84.6 Å². The van der Waals surface area contributed by atoms with Crippen LogP contribution in [0.25, 0.3) is 11.3 Å². The predicted molar refractivity (Wildman–Crippen MR) is 87.0 cm³/mol. The van der Waals surface area contributed by atoms with E-state index in [4.69, 9.17) is 0 Å². The highest BCUT2D eigenvalue weighted by Crippen LogP contribution is 2.27. The topological polar surface area (TPSA) is 47.0 Å². The van der Waals surface area contributed by atoms with E-state index in [1.54, 1.807) is 24.4 Å². The van der Waals surface area contributed by atoms with Crippen LogP contribution >= 0.6 is 0 Å². The molecule has 3 rings (SSSR count). The molecule has 0 atom stereocenters. The first-order chi connectivity index (χ1) is 10.7. The SMILES string of the molecule is O=S(=O)(Cc1ccccc1)c1ccccc1-c1ccccn1. The van der Waals surface area contributed by atoms with E-state index in [1.807, 2.05) is 54.6 Å². The zero-order valence-electron chi connectivity index (χ0n) is 11.9. The van der Waals surface area contributed by atoms with Crippen LogP contribution in [0.3, 0.4) is 0 Å². The van der Waals surface area contributed by atoms with Crippen molar-refractivity contribution in [1.29, 1.82) is 0 Å². The van der Waals surface area contributed by atoms with Crippen LogP contribution in [0.4, 0.5) is 0 Å². The highest BCUT2D eigenvalue weighted by Gasteiger charge is 2.20. The number of hydrogen-bond donors (Lipinski definition) is 0. The van der Waals surface area contributed by atoms with E-state index in [0.717, 1.165) is 5.56 Å². The van der Waals surface area contributed by atoms with Gasteiger partial charge in [-0.15, -0.1) is 0 Å². The minimum atomic E-state index is -3.43. The molecule has 1 heterocycles. The van der Waals surface area contributed by atoms with Gasteiger partial charge in [0.2, 0.25) is 0 Å². The van der Waals surface area contributed by atoms with Gasteiger partial charge in [-0.05, 0) is 23.8 Å². The molecule has 0 fully saturated rings. The summed E-state index contributed by atoms with van der Waals surface area (Å²) in [6.07, 6.45) is 1.66. The summed E-state index contributed by atoms with van der Waals surface area (Å²) < 4.78 is 25.5. The fourth-order valence-corrected chi connectivity index (χ4v) is 3.92. The molecule has 3 nitrogen and oxygen atoms in total. The second kappa shape index (κ2) is 6.12. The Morgan fingerprint density at radius 1 is 0.773 bits per heavy atom. The second-order valence-corrected chi connectivity index (χ2v) is 6.91. The molecule has 0 aliphatic heterocycles. The first-order valence-corrected chi connectivity index (χ1v) is 8.59. The average molecular weight is 309 g/mol. The summed E-state index contributed by atoms with van der Waals surface area (Å²) in [5.74, 6) is -0.0162. The van der Waals surface area contributed by atoms with Gasteiger partial charge in [0.15, 0.2) is 9.84 Å². The fraction of sp³-hybridized carbons (Fsp3) is 0.0556. The van der Waals surface area contributed by atoms with E-state index in [2.05, 4.69) is 4.98 Å². The maximum Gasteiger partial charge on any atom is 0.183 e. The van der Waals surface area contributed by atoms with Gasteiger partial charge in [0.1, 0.15) is 0 Å². The summed E-state index contributed by atoms with van der Waals surface area (Å²) in [5, 5.41) is 0. The fourth-order valence-electron chi connectivity index (χ4n) is 2.34. The molecule has 0 N–H and O–H groups in total. The molecule has 0 saturated heterocycles. The lowest BCUT2D eigenvalue weighted by molar-refractivity contribution is 0.595. The Morgan fingerprint density at radius 2 is 1.45 bits per heavy atom. The summed E-state index contributed by atoms with van der Waals surface area (Å²) in [7, 11) is -3.43. The third-order valence-corrected chi connectivity index (χ3v) is 5.10. The van der Waals surface area contributed by atoms with E-state index in [0.29, 0.717) is 16.2 Å². The molecule has 0 aliphatic carbocycles. The molecule has 4 heteroatoms. The van der Waals surface area contributed by atoms with Crippen molar-refractivity contribution in [2.45, 2.75) is 10.6 Å². The Kier molecular flexibility index (Phi) is 4.02. The van der Waals surface area contributed by atoms with E-state index >= 15 is 0 Å². The van der Waals surface area contributed by atoms with Crippen LogP contribution in [-0.2, 0) is 15.6 Å². The van der Waals surface area contributed by atoms with Gasteiger partial charge in [0.05, 0.1) is 16.3 Å². The number of aromatic nitrogens is 1. The lowest BCUT2D eigenvalue weighted by Gasteiger charge is -2.10. The third kappa shape index (κ3) is 3.07. The summed E-state index contributed by atoms with van der Waals surface area (Å²) >= 11 is 0. The molecule has 0 bridgehead atoms. The Bertz CT molecular complexity index is 860. The first kappa shape index (κ1) is 14.5. The standard InChI is InChI=1S/C18H15NO2S/c20-22(21,14-15-8-2-1-3-9-15)18-12-5-4-10-16(18)17-11-6-7-13-19-17/h1-13H,14H2. The van der Waals surface area contributed by atoms with Gasteiger partial charge in [-0.25, -0.2) is 8.42 Å². The quantitative estimate of drug-likeness (QED) is 0.738. The Balaban J connectivity index is 2.05. The van der Waals surface area contributed by atoms with Gasteiger partial charge >= 0.3 is 0 Å². The van der Waals surface area contributed by atoms with E-state index < -0.39 is 9.84 Å². The van der Waals surface area contributed by atoms with Gasteiger partial charge in [0, 0.05) is 11.8 Å². The minimum absolute atomic E-state index is 0.0162. The van der Waals surface area contributed by atoms with Crippen LogP contribution in [0.1, 0.15) is 5.56 Å². The number of pyridine rings is 1. The van der Waals surface area contributed by atoms with Gasteiger partial charge in [-0.1, -0.05) is 54.6 Å². The van der Waals surface area contributed by atoms with Crippen molar-refractivity contribution in [1.82, 2.24) is 4.98 Å². The molecular formula is C18H15NO2S. The van der Waals surface area contributed by atoms with E-state index in [-0.39, 0.29) is 5.75 Å². The Labute approximate surface area is 130 Å². The van der Waals surface area contributed by atoms with Crippen LogP contribution in [0.5, 0.6) is 0 Å². The van der Waals surface area contributed by atoms with Crippen LogP contribution < -0.4 is 0 Å². The van der Waals surface area contributed by atoms with Crippen molar-refractivity contribution in [3.8, 4) is 11.3 Å². The second-order valence-electron chi connectivity index (χ2n) is 4.96. The minimum Gasteiger partial charge on any atom is -0.256 e. The van der Waals surface area contributed by atoms with Gasteiger partial charge < -0.3 is 0 Å². The van der Waals surface area contributed by atoms with Crippen LogP contribution in [0.15, 0.2) is 83.9 Å². The summed E-state index contributed by atoms with van der Waals surface area (Å²) in [6, 6.07) is 21.7. The van der Waals surface area contributed by atoms with Gasteiger partial charge in [-0.3, -0.25) is 4.98 Å². The molecule has 110 valence electrons. The van der Waals surface area contributed by atoms with Gasteiger partial charge in [0.25, 0.3) is 0 Å². The number of hydrogen-bond acceptors (Lipinski definition) is 3. The van der Waals surface area contributed by atoms with E-state index in [1.165, 1.54) is 0 Å². The molecule has 1 aromatic heterocycles. The zero-order chi connectivity index (χ0) is 15.4. The molecule has 0 aliphatic rings. The molecule has 3 aromatic rings. The third-order valence-electron chi connectivity index (χ3n) is 3.36. The molecule has 2 aromatic carbocycles. The molecule has 0 spiro atoms. The molecule has 0 saturated carbocycles. The predicted octanol–water partition coefficient (Wildman–Crippen LogP) is 3.72. The molecule has 0 unspecified atom stereocenters. The number of sulfone groups is 1. The van der Waals surface area contributed by atoms with Crippen molar-refractivity contribution in [2.24, 2.45) is 0 Å². The van der Waals surface area contributed by atoms with Crippen LogP contribution in [0.2, 0.25) is 0 Å². The number of rotatable bonds is 4. The number of nitrogens with zero attached hydrogens (tertiary/aromatic N) is 1. The highest BCUT2D eigenvalue weighted by atomic mass is 32.2.